The van der Waals surface area contributed by atoms with E-state index in [0.29, 0.717) is 10.0 Å². The Labute approximate surface area is 114 Å². The van der Waals surface area contributed by atoms with Crippen LogP contribution in [0, 0.1) is 0 Å². The summed E-state index contributed by atoms with van der Waals surface area (Å²) in [5.74, 6) is 0. The van der Waals surface area contributed by atoms with Crippen molar-refractivity contribution < 1.29 is 0 Å². The van der Waals surface area contributed by atoms with Gasteiger partial charge in [-0.1, -0.05) is 59.6 Å². The average molecular weight is 294 g/mol. The normalized spacial score (nSPS) is 28.4. The molecule has 0 spiro atoms. The Hall–Kier alpha value is -0.140. The molecule has 16 heavy (non-hydrogen) atoms. The van der Waals surface area contributed by atoms with E-state index in [1.165, 1.54) is 0 Å². The van der Waals surface area contributed by atoms with Crippen LogP contribution in [0.25, 0.3) is 0 Å². The molecule has 1 aliphatic rings. The summed E-state index contributed by atoms with van der Waals surface area (Å²) < 4.78 is 0. The van der Waals surface area contributed by atoms with E-state index in [0.717, 1.165) is 5.56 Å². The molecular weight excluding hydrogens is 286 g/mol. The highest BCUT2D eigenvalue weighted by Gasteiger charge is 2.37. The van der Waals surface area contributed by atoms with Gasteiger partial charge in [-0.3, -0.25) is 0 Å². The van der Waals surface area contributed by atoms with Crippen LogP contribution in [0.2, 0.25) is 10.0 Å². The summed E-state index contributed by atoms with van der Waals surface area (Å²) in [6, 6.07) is 5.36. The van der Waals surface area contributed by atoms with Crippen LogP contribution in [-0.2, 0) is 4.87 Å². The molecule has 0 heterocycles. The summed E-state index contributed by atoms with van der Waals surface area (Å²) in [6.45, 7) is 0. The van der Waals surface area contributed by atoms with Gasteiger partial charge in [-0.2, -0.15) is 0 Å². The molecule has 0 saturated carbocycles. The predicted molar refractivity (Wildman–Crippen MR) is 71.9 cm³/mol. The maximum atomic E-state index is 6.52. The molecule has 0 amide bonds. The summed E-state index contributed by atoms with van der Waals surface area (Å²) in [7, 11) is 0. The van der Waals surface area contributed by atoms with Crippen LogP contribution in [0.15, 0.2) is 42.5 Å². The molecule has 2 unspecified atom stereocenters. The summed E-state index contributed by atoms with van der Waals surface area (Å²) in [5.41, 5.74) is 0.726. The molecule has 1 aromatic rings. The topological polar surface area (TPSA) is 0 Å². The molecule has 1 aromatic carbocycles. The Morgan fingerprint density at radius 2 is 1.88 bits per heavy atom. The molecular formula is C12H8Cl4. The molecule has 2 rings (SSSR count). The molecule has 0 nitrogen and oxygen atoms in total. The quantitative estimate of drug-likeness (QED) is 0.627. The molecule has 0 saturated heterocycles. The zero-order chi connectivity index (χ0) is 11.8. The molecule has 4 heteroatoms. The van der Waals surface area contributed by atoms with E-state index >= 15 is 0 Å². The number of rotatable bonds is 1. The third-order valence-corrected chi connectivity index (χ3v) is 4.48. The van der Waals surface area contributed by atoms with Crippen LogP contribution in [0.5, 0.6) is 0 Å². The summed E-state index contributed by atoms with van der Waals surface area (Å²) in [6.07, 6.45) is 7.36. The van der Waals surface area contributed by atoms with Crippen LogP contribution in [0.1, 0.15) is 5.56 Å². The first kappa shape index (κ1) is 12.3. The van der Waals surface area contributed by atoms with E-state index in [1.807, 2.05) is 36.4 Å². The first-order valence-electron chi connectivity index (χ1n) is 4.69. The first-order chi connectivity index (χ1) is 7.55. The van der Waals surface area contributed by atoms with Gasteiger partial charge in [0.2, 0.25) is 0 Å². The van der Waals surface area contributed by atoms with Gasteiger partial charge in [0.15, 0.2) is 0 Å². The van der Waals surface area contributed by atoms with Gasteiger partial charge in [-0.15, -0.1) is 23.2 Å². The van der Waals surface area contributed by atoms with E-state index in [-0.39, 0.29) is 5.38 Å². The third kappa shape index (κ3) is 2.00. The van der Waals surface area contributed by atoms with Crippen LogP contribution in [0.3, 0.4) is 0 Å². The minimum atomic E-state index is -0.835. The lowest BCUT2D eigenvalue weighted by molar-refractivity contribution is 0.772. The number of hydrogen-bond acceptors (Lipinski definition) is 0. The average Bonchev–Trinajstić information content (AvgIpc) is 2.26. The van der Waals surface area contributed by atoms with E-state index in [1.54, 1.807) is 6.07 Å². The van der Waals surface area contributed by atoms with Crippen LogP contribution in [-0.4, -0.2) is 5.38 Å². The van der Waals surface area contributed by atoms with Crippen LogP contribution < -0.4 is 0 Å². The van der Waals surface area contributed by atoms with E-state index < -0.39 is 4.87 Å². The second-order valence-electron chi connectivity index (χ2n) is 3.52. The number of allylic oxidation sites excluding steroid dienone is 4. The van der Waals surface area contributed by atoms with Crippen molar-refractivity contribution in [3.8, 4) is 0 Å². The molecule has 0 radical (unpaired) electrons. The van der Waals surface area contributed by atoms with E-state index in [9.17, 15) is 0 Å². The summed E-state index contributed by atoms with van der Waals surface area (Å²) >= 11 is 24.8. The maximum absolute atomic E-state index is 6.52. The maximum Gasteiger partial charge on any atom is 0.109 e. The van der Waals surface area contributed by atoms with Crippen molar-refractivity contribution in [1.29, 1.82) is 0 Å². The van der Waals surface area contributed by atoms with Gasteiger partial charge in [-0.05, 0) is 11.6 Å². The van der Waals surface area contributed by atoms with Crippen LogP contribution in [0.4, 0.5) is 0 Å². The van der Waals surface area contributed by atoms with Crippen molar-refractivity contribution in [2.24, 2.45) is 0 Å². The predicted octanol–water partition coefficient (Wildman–Crippen LogP) is 5.16. The Bertz CT molecular complexity index is 464. The standard InChI is InChI=1S/C12H8Cl4/c13-9-5-3-4-8(11(9)15)12(16)7-2-1-6-10(12)14/h1-7,10H. The van der Waals surface area contributed by atoms with E-state index in [4.69, 9.17) is 46.4 Å². The first-order valence-corrected chi connectivity index (χ1v) is 6.26. The van der Waals surface area contributed by atoms with Crippen molar-refractivity contribution in [3.63, 3.8) is 0 Å². The molecule has 0 aromatic heterocycles. The Morgan fingerprint density at radius 1 is 1.12 bits per heavy atom. The third-order valence-electron chi connectivity index (χ3n) is 2.50. The molecule has 1 aliphatic carbocycles. The Kier molecular flexibility index (Phi) is 3.56. The number of halogens is 4. The van der Waals surface area contributed by atoms with Crippen molar-refractivity contribution in [2.45, 2.75) is 10.3 Å². The van der Waals surface area contributed by atoms with Gasteiger partial charge in [0.05, 0.1) is 15.4 Å². The monoisotopic (exact) mass is 292 g/mol. The lowest BCUT2D eigenvalue weighted by atomic mass is 9.91. The highest BCUT2D eigenvalue weighted by atomic mass is 35.5. The van der Waals surface area contributed by atoms with E-state index in [2.05, 4.69) is 0 Å². The molecule has 0 N–H and O–H groups in total. The Balaban J connectivity index is 2.55. The number of alkyl halides is 2. The molecule has 0 bridgehead atoms. The second kappa shape index (κ2) is 4.62. The zero-order valence-electron chi connectivity index (χ0n) is 8.13. The van der Waals surface area contributed by atoms with Gasteiger partial charge >= 0.3 is 0 Å². The van der Waals surface area contributed by atoms with Gasteiger partial charge in [0.1, 0.15) is 4.87 Å². The minimum Gasteiger partial charge on any atom is -0.116 e. The zero-order valence-corrected chi connectivity index (χ0v) is 11.2. The van der Waals surface area contributed by atoms with Crippen molar-refractivity contribution in [1.82, 2.24) is 0 Å². The highest BCUT2D eigenvalue weighted by molar-refractivity contribution is 6.44. The highest BCUT2D eigenvalue weighted by Crippen LogP contribution is 2.44. The fraction of sp³-hybridized carbons (Fsp3) is 0.167. The summed E-state index contributed by atoms with van der Waals surface area (Å²) in [5, 5.41) is 0.575. The van der Waals surface area contributed by atoms with Gasteiger partial charge in [0, 0.05) is 0 Å². The largest absolute Gasteiger partial charge is 0.116 e. The Morgan fingerprint density at radius 3 is 2.56 bits per heavy atom. The lowest BCUT2D eigenvalue weighted by Crippen LogP contribution is -2.28. The lowest BCUT2D eigenvalue weighted by Gasteiger charge is -2.30. The smallest absolute Gasteiger partial charge is 0.109 e. The molecule has 2 atom stereocenters. The molecule has 84 valence electrons. The number of hydrogen-bond donors (Lipinski definition) is 0. The molecule has 0 fully saturated rings. The SMILES string of the molecule is Clc1cccc(C2(Cl)C=CC=CC2Cl)c1Cl. The number of benzene rings is 1. The van der Waals surface area contributed by atoms with Gasteiger partial charge in [0.25, 0.3) is 0 Å². The van der Waals surface area contributed by atoms with Crippen LogP contribution >= 0.6 is 46.4 Å². The van der Waals surface area contributed by atoms with Gasteiger partial charge in [-0.25, -0.2) is 0 Å². The second-order valence-corrected chi connectivity index (χ2v) is 5.40. The fourth-order valence-corrected chi connectivity index (χ4v) is 2.71. The minimum absolute atomic E-state index is 0.352. The molecule has 0 aliphatic heterocycles. The van der Waals surface area contributed by atoms with Crippen molar-refractivity contribution >= 4 is 46.4 Å². The van der Waals surface area contributed by atoms with Crippen molar-refractivity contribution in [2.75, 3.05) is 0 Å². The fourth-order valence-electron chi connectivity index (χ4n) is 1.63. The van der Waals surface area contributed by atoms with Gasteiger partial charge < -0.3 is 0 Å². The summed E-state index contributed by atoms with van der Waals surface area (Å²) in [4.78, 5) is -0.835. The van der Waals surface area contributed by atoms with Crippen molar-refractivity contribution in [3.05, 3.63) is 58.1 Å².